The molecular formula is C21H26N2O5S. The molecule has 1 atom stereocenters. The second-order valence-electron chi connectivity index (χ2n) is 7.08. The van der Waals surface area contributed by atoms with Gasteiger partial charge in [0.15, 0.2) is 11.5 Å². The molecule has 0 unspecified atom stereocenters. The summed E-state index contributed by atoms with van der Waals surface area (Å²) in [6.07, 6.45) is 1.27. The molecular weight excluding hydrogens is 392 g/mol. The van der Waals surface area contributed by atoms with E-state index >= 15 is 0 Å². The van der Waals surface area contributed by atoms with Crippen LogP contribution in [0.1, 0.15) is 18.4 Å². The number of methoxy groups -OCH3 is 2. The molecule has 1 fully saturated rings. The van der Waals surface area contributed by atoms with Gasteiger partial charge in [0.25, 0.3) is 0 Å². The number of amides is 1. The second-order valence-corrected chi connectivity index (χ2v) is 9.02. The van der Waals surface area contributed by atoms with Crippen molar-refractivity contribution >= 4 is 21.6 Å². The number of sulfonamides is 1. The largest absolute Gasteiger partial charge is 0.493 e. The Balaban J connectivity index is 1.76. The maximum absolute atomic E-state index is 13.1. The Labute approximate surface area is 171 Å². The number of carbonyl (C=O) groups excluding carboxylic acids is 1. The van der Waals surface area contributed by atoms with Crippen molar-refractivity contribution in [2.75, 3.05) is 32.6 Å². The van der Waals surface area contributed by atoms with Crippen LogP contribution in [0.3, 0.4) is 0 Å². The van der Waals surface area contributed by atoms with Crippen molar-refractivity contribution in [3.63, 3.8) is 0 Å². The fourth-order valence-corrected chi connectivity index (χ4v) is 5.01. The Morgan fingerprint density at radius 2 is 1.86 bits per heavy atom. The highest BCUT2D eigenvalue weighted by molar-refractivity contribution is 7.89. The molecule has 1 aliphatic heterocycles. The zero-order valence-corrected chi connectivity index (χ0v) is 17.7. The van der Waals surface area contributed by atoms with E-state index in [2.05, 4.69) is 5.32 Å². The van der Waals surface area contributed by atoms with Crippen molar-refractivity contribution in [3.05, 3.63) is 48.0 Å². The maximum atomic E-state index is 13.1. The molecule has 3 rings (SSSR count). The lowest BCUT2D eigenvalue weighted by Gasteiger charge is -2.31. The molecule has 0 saturated carbocycles. The highest BCUT2D eigenvalue weighted by Gasteiger charge is 2.33. The van der Waals surface area contributed by atoms with Gasteiger partial charge in [-0.1, -0.05) is 12.1 Å². The highest BCUT2D eigenvalue weighted by atomic mass is 32.2. The first kappa shape index (κ1) is 21.1. The van der Waals surface area contributed by atoms with Gasteiger partial charge in [-0.15, -0.1) is 0 Å². The summed E-state index contributed by atoms with van der Waals surface area (Å²) in [5.74, 6) is 0.238. The van der Waals surface area contributed by atoms with Crippen LogP contribution in [0.4, 0.5) is 5.69 Å². The molecule has 0 aliphatic carbocycles. The topological polar surface area (TPSA) is 84.9 Å². The quantitative estimate of drug-likeness (QED) is 0.779. The van der Waals surface area contributed by atoms with Crippen LogP contribution in [0, 0.1) is 12.8 Å². The molecule has 156 valence electrons. The summed E-state index contributed by atoms with van der Waals surface area (Å²) in [7, 11) is -0.795. The van der Waals surface area contributed by atoms with Crippen molar-refractivity contribution < 1.29 is 22.7 Å². The summed E-state index contributed by atoms with van der Waals surface area (Å²) in [5.41, 5.74) is 1.76. The van der Waals surface area contributed by atoms with Crippen molar-refractivity contribution in [2.24, 2.45) is 5.92 Å². The van der Waals surface area contributed by atoms with E-state index in [0.29, 0.717) is 30.9 Å². The normalized spacial score (nSPS) is 17.6. The molecule has 0 spiro atoms. The van der Waals surface area contributed by atoms with Gasteiger partial charge in [-0.05, 0) is 49.6 Å². The number of nitrogens with zero attached hydrogens (tertiary/aromatic N) is 1. The summed E-state index contributed by atoms with van der Waals surface area (Å²) >= 11 is 0. The van der Waals surface area contributed by atoms with Gasteiger partial charge in [-0.25, -0.2) is 8.42 Å². The Hall–Kier alpha value is -2.58. The number of ether oxygens (including phenoxy) is 2. The molecule has 1 aliphatic rings. The summed E-state index contributed by atoms with van der Waals surface area (Å²) < 4.78 is 38.0. The van der Waals surface area contributed by atoms with E-state index in [1.54, 1.807) is 6.07 Å². The van der Waals surface area contributed by atoms with E-state index in [9.17, 15) is 13.2 Å². The summed E-state index contributed by atoms with van der Waals surface area (Å²) in [6.45, 7) is 2.48. The van der Waals surface area contributed by atoms with Gasteiger partial charge >= 0.3 is 0 Å². The van der Waals surface area contributed by atoms with Crippen LogP contribution < -0.4 is 14.8 Å². The molecule has 1 amide bonds. The minimum atomic E-state index is -3.75. The van der Waals surface area contributed by atoms with E-state index in [4.69, 9.17) is 9.47 Å². The van der Waals surface area contributed by atoms with Gasteiger partial charge in [-0.2, -0.15) is 4.31 Å². The van der Waals surface area contributed by atoms with Crippen LogP contribution in [0.2, 0.25) is 0 Å². The molecule has 29 heavy (non-hydrogen) atoms. The first-order chi connectivity index (χ1) is 13.8. The molecule has 1 heterocycles. The zero-order chi connectivity index (χ0) is 21.0. The highest BCUT2D eigenvalue weighted by Crippen LogP contribution is 2.32. The molecule has 0 radical (unpaired) electrons. The SMILES string of the molecule is COc1ccc(S(=O)(=O)N2CCC[C@H](C(=O)Nc3cccc(C)c3)C2)cc1OC. The molecule has 1 saturated heterocycles. The Morgan fingerprint density at radius 3 is 2.55 bits per heavy atom. The standard InChI is InChI=1S/C21H26N2O5S/c1-15-6-4-8-17(12-15)22-21(24)16-7-5-11-23(14-16)29(25,26)18-9-10-19(27-2)20(13-18)28-3/h4,6,8-10,12-13,16H,5,7,11,14H2,1-3H3,(H,22,24)/t16-/m0/s1. The average molecular weight is 419 g/mol. The van der Waals surface area contributed by atoms with Gasteiger partial charge in [0.2, 0.25) is 15.9 Å². The number of nitrogens with one attached hydrogen (secondary N) is 1. The van der Waals surface area contributed by atoms with Crippen LogP contribution in [0.25, 0.3) is 0 Å². The third-order valence-corrected chi connectivity index (χ3v) is 6.89. The van der Waals surface area contributed by atoms with Gasteiger partial charge in [0.1, 0.15) is 0 Å². The fraction of sp³-hybridized carbons (Fsp3) is 0.381. The van der Waals surface area contributed by atoms with Gasteiger partial charge < -0.3 is 14.8 Å². The summed E-state index contributed by atoms with van der Waals surface area (Å²) in [4.78, 5) is 12.8. The zero-order valence-electron chi connectivity index (χ0n) is 16.8. The molecule has 1 N–H and O–H groups in total. The number of carbonyl (C=O) groups is 1. The van der Waals surface area contributed by atoms with Gasteiger partial charge in [0, 0.05) is 24.8 Å². The lowest BCUT2D eigenvalue weighted by molar-refractivity contribution is -0.120. The number of piperidine rings is 1. The minimum Gasteiger partial charge on any atom is -0.493 e. The number of anilines is 1. The Morgan fingerprint density at radius 1 is 1.10 bits per heavy atom. The number of benzene rings is 2. The van der Waals surface area contributed by atoms with Crippen LogP contribution >= 0.6 is 0 Å². The van der Waals surface area contributed by atoms with Gasteiger partial charge in [-0.3, -0.25) is 4.79 Å². The Kier molecular flexibility index (Phi) is 6.44. The third-order valence-electron chi connectivity index (χ3n) is 5.03. The monoisotopic (exact) mass is 418 g/mol. The molecule has 7 nitrogen and oxygen atoms in total. The predicted molar refractivity (Wildman–Crippen MR) is 111 cm³/mol. The lowest BCUT2D eigenvalue weighted by Crippen LogP contribution is -2.43. The lowest BCUT2D eigenvalue weighted by atomic mass is 9.98. The van der Waals surface area contributed by atoms with Crippen LogP contribution in [-0.2, 0) is 14.8 Å². The average Bonchev–Trinajstić information content (AvgIpc) is 2.73. The molecule has 2 aromatic rings. The first-order valence-corrected chi connectivity index (χ1v) is 10.9. The fourth-order valence-electron chi connectivity index (χ4n) is 3.47. The Bertz CT molecular complexity index is 990. The molecule has 8 heteroatoms. The molecule has 0 bridgehead atoms. The summed E-state index contributed by atoms with van der Waals surface area (Å²) in [5, 5.41) is 2.90. The van der Waals surface area contributed by atoms with Crippen LogP contribution in [-0.4, -0.2) is 45.9 Å². The minimum absolute atomic E-state index is 0.120. The molecule has 2 aromatic carbocycles. The van der Waals surface area contributed by atoms with Crippen molar-refractivity contribution in [2.45, 2.75) is 24.7 Å². The molecule has 0 aromatic heterocycles. The second kappa shape index (κ2) is 8.84. The van der Waals surface area contributed by atoms with Crippen molar-refractivity contribution in [3.8, 4) is 11.5 Å². The van der Waals surface area contributed by atoms with E-state index in [1.165, 1.54) is 30.7 Å². The first-order valence-electron chi connectivity index (χ1n) is 9.45. The summed E-state index contributed by atoms with van der Waals surface area (Å²) in [6, 6.07) is 12.0. The van der Waals surface area contributed by atoms with E-state index in [-0.39, 0.29) is 17.3 Å². The number of hydrogen-bond acceptors (Lipinski definition) is 5. The number of hydrogen-bond donors (Lipinski definition) is 1. The maximum Gasteiger partial charge on any atom is 0.243 e. The predicted octanol–water partition coefficient (Wildman–Crippen LogP) is 3.05. The van der Waals surface area contributed by atoms with E-state index < -0.39 is 15.9 Å². The third kappa shape index (κ3) is 4.71. The van der Waals surface area contributed by atoms with E-state index in [1.807, 2.05) is 31.2 Å². The smallest absolute Gasteiger partial charge is 0.243 e. The van der Waals surface area contributed by atoms with Crippen LogP contribution in [0.5, 0.6) is 11.5 Å². The van der Waals surface area contributed by atoms with Crippen molar-refractivity contribution in [1.82, 2.24) is 4.31 Å². The number of rotatable bonds is 6. The van der Waals surface area contributed by atoms with Gasteiger partial charge in [0.05, 0.1) is 25.0 Å². The number of aryl methyl sites for hydroxylation is 1. The van der Waals surface area contributed by atoms with Crippen LogP contribution in [0.15, 0.2) is 47.4 Å². The van der Waals surface area contributed by atoms with E-state index in [0.717, 1.165) is 11.3 Å². The van der Waals surface area contributed by atoms with Crippen molar-refractivity contribution in [1.29, 1.82) is 0 Å².